The number of anilines is 2. The van der Waals surface area contributed by atoms with Crippen LogP contribution in [0.4, 0.5) is 17.1 Å². The predicted octanol–water partition coefficient (Wildman–Crippen LogP) is 0.966. The third kappa shape index (κ3) is 2.63. The van der Waals surface area contributed by atoms with Gasteiger partial charge in [-0.15, -0.1) is 0 Å². The van der Waals surface area contributed by atoms with Crippen molar-refractivity contribution in [3.63, 3.8) is 0 Å². The molecule has 0 radical (unpaired) electrons. The second-order valence-electron chi connectivity index (χ2n) is 3.50. The summed E-state index contributed by atoms with van der Waals surface area (Å²) in [5.74, 6) is 0. The minimum Gasteiger partial charge on any atom is -0.393 e. The van der Waals surface area contributed by atoms with Crippen molar-refractivity contribution in [1.82, 2.24) is 5.16 Å². The Labute approximate surface area is 107 Å². The van der Waals surface area contributed by atoms with Gasteiger partial charge in [0, 0.05) is 6.07 Å². The maximum atomic E-state index is 11.9. The van der Waals surface area contributed by atoms with E-state index in [1.54, 1.807) is 0 Å². The van der Waals surface area contributed by atoms with Crippen LogP contribution in [0.25, 0.3) is 0 Å². The molecule has 2 rings (SSSR count). The maximum Gasteiger partial charge on any atom is 0.292 e. The van der Waals surface area contributed by atoms with Gasteiger partial charge >= 0.3 is 0 Å². The van der Waals surface area contributed by atoms with Crippen molar-refractivity contribution >= 4 is 27.1 Å². The summed E-state index contributed by atoms with van der Waals surface area (Å²) >= 11 is 0. The Morgan fingerprint density at radius 1 is 1.42 bits per heavy atom. The Bertz CT molecular complexity index is 710. The van der Waals surface area contributed by atoms with Crippen LogP contribution in [-0.4, -0.2) is 18.5 Å². The molecule has 0 atom stereocenters. The summed E-state index contributed by atoms with van der Waals surface area (Å²) in [5, 5.41) is 13.9. The molecule has 0 unspecified atom stereocenters. The number of nitrogens with two attached hydrogens (primary N) is 1. The number of benzene rings is 1. The molecule has 2 aromatic rings. The van der Waals surface area contributed by atoms with E-state index in [0.29, 0.717) is 0 Å². The molecule has 0 spiro atoms. The lowest BCUT2D eigenvalue weighted by molar-refractivity contribution is -0.383. The van der Waals surface area contributed by atoms with Gasteiger partial charge in [0.2, 0.25) is 0 Å². The molecule has 19 heavy (non-hydrogen) atoms. The molecule has 1 aromatic carbocycles. The van der Waals surface area contributed by atoms with Gasteiger partial charge in [-0.25, -0.2) is 8.42 Å². The number of nitrogens with zero attached hydrogens (tertiary/aromatic N) is 2. The van der Waals surface area contributed by atoms with Gasteiger partial charge in [0.05, 0.1) is 16.0 Å². The van der Waals surface area contributed by atoms with Crippen molar-refractivity contribution in [2.45, 2.75) is 4.90 Å². The Hall–Kier alpha value is -2.62. The van der Waals surface area contributed by atoms with E-state index in [1.165, 1.54) is 6.20 Å². The summed E-state index contributed by atoms with van der Waals surface area (Å²) in [6.07, 6.45) is 2.28. The molecule has 0 amide bonds. The molecule has 9 nitrogen and oxygen atoms in total. The summed E-state index contributed by atoms with van der Waals surface area (Å²) < 4.78 is 30.5. The number of nitrogens with one attached hydrogen (secondary N) is 1. The quantitative estimate of drug-likeness (QED) is 0.483. The number of rotatable bonds is 4. The van der Waals surface area contributed by atoms with Gasteiger partial charge in [-0.1, -0.05) is 5.16 Å². The van der Waals surface area contributed by atoms with Crippen molar-refractivity contribution in [3.05, 3.63) is 40.8 Å². The Balaban J connectivity index is 2.36. The van der Waals surface area contributed by atoms with Crippen LogP contribution >= 0.6 is 0 Å². The fraction of sp³-hybridized carbons (Fsp3) is 0. The Morgan fingerprint density at radius 3 is 2.68 bits per heavy atom. The Morgan fingerprint density at radius 2 is 2.16 bits per heavy atom. The number of aromatic nitrogens is 1. The minimum absolute atomic E-state index is 0.136. The lowest BCUT2D eigenvalue weighted by Crippen LogP contribution is -2.13. The average Bonchev–Trinajstić information content (AvgIpc) is 2.80. The lowest BCUT2D eigenvalue weighted by Gasteiger charge is -2.06. The Kier molecular flexibility index (Phi) is 3.09. The second kappa shape index (κ2) is 4.57. The number of nitrogen functional groups attached to an aromatic ring is 1. The molecule has 10 heteroatoms. The van der Waals surface area contributed by atoms with Crippen molar-refractivity contribution in [2.24, 2.45) is 0 Å². The van der Waals surface area contributed by atoms with Crippen molar-refractivity contribution in [2.75, 3.05) is 10.5 Å². The summed E-state index contributed by atoms with van der Waals surface area (Å²) in [6.45, 7) is 0. The van der Waals surface area contributed by atoms with E-state index in [0.717, 1.165) is 24.5 Å². The topological polar surface area (TPSA) is 141 Å². The van der Waals surface area contributed by atoms with E-state index in [1.807, 2.05) is 0 Å². The zero-order valence-corrected chi connectivity index (χ0v) is 10.1. The molecule has 100 valence electrons. The van der Waals surface area contributed by atoms with Crippen molar-refractivity contribution in [1.29, 1.82) is 0 Å². The van der Waals surface area contributed by atoms with Crippen LogP contribution in [0.2, 0.25) is 0 Å². The van der Waals surface area contributed by atoms with E-state index in [9.17, 15) is 18.5 Å². The van der Waals surface area contributed by atoms with Crippen molar-refractivity contribution in [3.8, 4) is 0 Å². The maximum absolute atomic E-state index is 11.9. The highest BCUT2D eigenvalue weighted by Gasteiger charge is 2.19. The molecular formula is C9H8N4O5S. The van der Waals surface area contributed by atoms with E-state index in [4.69, 9.17) is 5.73 Å². The van der Waals surface area contributed by atoms with E-state index < -0.39 is 14.9 Å². The molecule has 0 aliphatic heterocycles. The molecule has 0 fully saturated rings. The summed E-state index contributed by atoms with van der Waals surface area (Å²) in [4.78, 5) is 9.69. The molecule has 0 saturated heterocycles. The molecule has 0 aliphatic carbocycles. The fourth-order valence-electron chi connectivity index (χ4n) is 1.34. The van der Waals surface area contributed by atoms with Gasteiger partial charge < -0.3 is 10.3 Å². The number of nitro benzene ring substituents is 1. The first-order valence-corrected chi connectivity index (χ1v) is 6.34. The number of sulfonamides is 1. The summed E-state index contributed by atoms with van der Waals surface area (Å²) in [6, 6.07) is 3.12. The van der Waals surface area contributed by atoms with Gasteiger partial charge in [0.25, 0.3) is 15.7 Å². The highest BCUT2D eigenvalue weighted by atomic mass is 32.2. The third-order valence-electron chi connectivity index (χ3n) is 2.19. The number of hydrogen-bond donors (Lipinski definition) is 2. The van der Waals surface area contributed by atoms with Gasteiger partial charge in [-0.05, 0) is 12.1 Å². The van der Waals surface area contributed by atoms with Crippen LogP contribution in [0, 0.1) is 10.1 Å². The van der Waals surface area contributed by atoms with Crippen LogP contribution in [0.1, 0.15) is 0 Å². The van der Waals surface area contributed by atoms with Crippen LogP contribution in [0.3, 0.4) is 0 Å². The lowest BCUT2D eigenvalue weighted by atomic mass is 10.3. The second-order valence-corrected chi connectivity index (χ2v) is 5.18. The minimum atomic E-state index is -3.90. The number of hydrogen-bond acceptors (Lipinski definition) is 7. The van der Waals surface area contributed by atoms with Crippen LogP contribution in [0.15, 0.2) is 40.1 Å². The van der Waals surface area contributed by atoms with E-state index >= 15 is 0 Å². The highest BCUT2D eigenvalue weighted by Crippen LogP contribution is 2.25. The van der Waals surface area contributed by atoms with Gasteiger partial charge in [-0.2, -0.15) is 0 Å². The highest BCUT2D eigenvalue weighted by molar-refractivity contribution is 7.92. The third-order valence-corrected chi connectivity index (χ3v) is 3.57. The van der Waals surface area contributed by atoms with E-state index in [-0.39, 0.29) is 22.0 Å². The SMILES string of the molecule is Nc1cc(S(=O)(=O)Nc2cnoc2)ccc1[N+](=O)[O-]. The summed E-state index contributed by atoms with van der Waals surface area (Å²) in [7, 11) is -3.90. The first-order chi connectivity index (χ1) is 8.90. The standard InChI is InChI=1S/C9H8N4O5S/c10-8-3-7(1-2-9(8)13(14)15)19(16,17)12-6-4-11-18-5-6/h1-5,12H,10H2. The summed E-state index contributed by atoms with van der Waals surface area (Å²) in [5.41, 5.74) is 4.97. The van der Waals surface area contributed by atoms with Gasteiger partial charge in [0.15, 0.2) is 0 Å². The zero-order valence-electron chi connectivity index (χ0n) is 9.31. The smallest absolute Gasteiger partial charge is 0.292 e. The first kappa shape index (κ1) is 12.8. The molecule has 1 heterocycles. The van der Waals surface area contributed by atoms with Crippen LogP contribution < -0.4 is 10.5 Å². The normalized spacial score (nSPS) is 11.2. The van der Waals surface area contributed by atoms with Crippen molar-refractivity contribution < 1.29 is 17.9 Å². The van der Waals surface area contributed by atoms with Crippen LogP contribution in [-0.2, 0) is 10.0 Å². The monoisotopic (exact) mass is 284 g/mol. The molecule has 1 aromatic heterocycles. The number of nitro groups is 1. The molecule has 0 aliphatic rings. The van der Waals surface area contributed by atoms with Gasteiger partial charge in [-0.3, -0.25) is 14.8 Å². The average molecular weight is 284 g/mol. The van der Waals surface area contributed by atoms with Crippen LogP contribution in [0.5, 0.6) is 0 Å². The largest absolute Gasteiger partial charge is 0.393 e. The molecule has 0 saturated carbocycles. The first-order valence-electron chi connectivity index (χ1n) is 4.86. The molecular weight excluding hydrogens is 276 g/mol. The van der Waals surface area contributed by atoms with Gasteiger partial charge in [0.1, 0.15) is 17.6 Å². The van der Waals surface area contributed by atoms with E-state index in [2.05, 4.69) is 14.4 Å². The fourth-order valence-corrected chi connectivity index (χ4v) is 2.39. The zero-order chi connectivity index (χ0) is 14.0. The molecule has 0 bridgehead atoms. The molecule has 3 N–H and O–H groups in total. The predicted molar refractivity (Wildman–Crippen MR) is 64.8 cm³/mol.